The summed E-state index contributed by atoms with van der Waals surface area (Å²) in [5.41, 5.74) is 0. The van der Waals surface area contributed by atoms with Gasteiger partial charge in [-0.15, -0.1) is 0 Å². The second kappa shape index (κ2) is 5.12. The summed E-state index contributed by atoms with van der Waals surface area (Å²) in [5, 5.41) is 4.13. The van der Waals surface area contributed by atoms with E-state index in [9.17, 15) is 0 Å². The number of nitrogens with zero attached hydrogens (tertiary/aromatic N) is 2. The number of hydrogen-bond acceptors (Lipinski definition) is 5. The van der Waals surface area contributed by atoms with E-state index in [4.69, 9.17) is 4.42 Å². The number of rotatable bonds is 5. The van der Waals surface area contributed by atoms with E-state index in [1.165, 1.54) is 11.5 Å². The second-order valence-corrected chi connectivity index (χ2v) is 4.62. The molecule has 0 bridgehead atoms. The lowest BCUT2D eigenvalue weighted by molar-refractivity contribution is 0.513. The fourth-order valence-electron chi connectivity index (χ4n) is 1.29. The Labute approximate surface area is 98.9 Å². The van der Waals surface area contributed by atoms with Crippen molar-refractivity contribution >= 4 is 16.7 Å². The lowest BCUT2D eigenvalue weighted by atomic mass is 10.2. The molecule has 0 unspecified atom stereocenters. The first-order chi connectivity index (χ1) is 7.75. The average molecular weight is 237 g/mol. The topological polar surface area (TPSA) is 51.0 Å². The standard InChI is InChI=1S/C11H15N3OS/c1-8(2)10-13-11(16-14-10)12-6-5-9-4-3-7-15-9/h3-4,7-8H,5-6H2,1-2H3,(H,12,13,14). The van der Waals surface area contributed by atoms with E-state index >= 15 is 0 Å². The molecular formula is C11H15N3OS. The molecule has 0 spiro atoms. The van der Waals surface area contributed by atoms with Crippen molar-refractivity contribution in [1.29, 1.82) is 0 Å². The second-order valence-electron chi connectivity index (χ2n) is 3.87. The van der Waals surface area contributed by atoms with E-state index in [1.807, 2.05) is 12.1 Å². The molecule has 2 aromatic heterocycles. The summed E-state index contributed by atoms with van der Waals surface area (Å²) in [6.07, 6.45) is 2.56. The SMILES string of the molecule is CC(C)c1nsc(NCCc2ccco2)n1. The molecule has 0 saturated carbocycles. The summed E-state index contributed by atoms with van der Waals surface area (Å²) in [4.78, 5) is 4.39. The Morgan fingerprint density at radius 2 is 2.38 bits per heavy atom. The fraction of sp³-hybridized carbons (Fsp3) is 0.455. The maximum absolute atomic E-state index is 5.24. The van der Waals surface area contributed by atoms with Crippen LogP contribution >= 0.6 is 11.5 Å². The molecule has 0 aliphatic heterocycles. The Morgan fingerprint density at radius 3 is 3.00 bits per heavy atom. The summed E-state index contributed by atoms with van der Waals surface area (Å²) in [5.74, 6) is 2.28. The van der Waals surface area contributed by atoms with E-state index in [2.05, 4.69) is 28.5 Å². The van der Waals surface area contributed by atoms with Crippen molar-refractivity contribution in [2.45, 2.75) is 26.2 Å². The van der Waals surface area contributed by atoms with Crippen LogP contribution in [0, 0.1) is 0 Å². The highest BCUT2D eigenvalue weighted by Crippen LogP contribution is 2.17. The highest BCUT2D eigenvalue weighted by molar-refractivity contribution is 7.09. The number of aromatic nitrogens is 2. The van der Waals surface area contributed by atoms with E-state index in [0.717, 1.165) is 29.7 Å². The molecule has 0 aliphatic carbocycles. The predicted octanol–water partition coefficient (Wildman–Crippen LogP) is 2.91. The number of furan rings is 1. The van der Waals surface area contributed by atoms with Crippen LogP contribution in [0.25, 0.3) is 0 Å². The lowest BCUT2D eigenvalue weighted by Crippen LogP contribution is -2.04. The van der Waals surface area contributed by atoms with Crippen LogP contribution < -0.4 is 5.32 Å². The van der Waals surface area contributed by atoms with Crippen LogP contribution in [0.1, 0.15) is 31.4 Å². The summed E-state index contributed by atoms with van der Waals surface area (Å²) < 4.78 is 9.52. The zero-order valence-corrected chi connectivity index (χ0v) is 10.3. The third-order valence-corrected chi connectivity index (χ3v) is 2.87. The number of anilines is 1. The third kappa shape index (κ3) is 2.82. The van der Waals surface area contributed by atoms with E-state index in [-0.39, 0.29) is 0 Å². The average Bonchev–Trinajstić information content (AvgIpc) is 2.87. The predicted molar refractivity (Wildman–Crippen MR) is 64.9 cm³/mol. The molecule has 0 aliphatic rings. The Bertz CT molecular complexity index is 422. The Hall–Kier alpha value is -1.36. The van der Waals surface area contributed by atoms with Crippen molar-refractivity contribution in [2.75, 3.05) is 11.9 Å². The van der Waals surface area contributed by atoms with Crippen molar-refractivity contribution in [3.05, 3.63) is 30.0 Å². The molecule has 1 N–H and O–H groups in total. The van der Waals surface area contributed by atoms with Crippen LogP contribution in [0.3, 0.4) is 0 Å². The van der Waals surface area contributed by atoms with Gasteiger partial charge in [0.05, 0.1) is 6.26 Å². The molecule has 0 fully saturated rings. The first-order valence-electron chi connectivity index (χ1n) is 5.35. The van der Waals surface area contributed by atoms with Gasteiger partial charge in [0.1, 0.15) is 11.6 Å². The minimum atomic E-state index is 0.386. The Kier molecular flexibility index (Phi) is 3.56. The summed E-state index contributed by atoms with van der Waals surface area (Å²) in [6, 6.07) is 3.87. The van der Waals surface area contributed by atoms with Crippen LogP contribution in [-0.4, -0.2) is 15.9 Å². The maximum atomic E-state index is 5.24. The van der Waals surface area contributed by atoms with E-state index in [1.54, 1.807) is 6.26 Å². The van der Waals surface area contributed by atoms with Crippen LogP contribution in [0.2, 0.25) is 0 Å². The molecule has 86 valence electrons. The number of hydrogen-bond donors (Lipinski definition) is 1. The molecule has 2 aromatic rings. The first kappa shape index (κ1) is 11.1. The first-order valence-corrected chi connectivity index (χ1v) is 6.13. The van der Waals surface area contributed by atoms with Crippen LogP contribution in [0.5, 0.6) is 0 Å². The fourth-order valence-corrected chi connectivity index (χ4v) is 2.02. The van der Waals surface area contributed by atoms with Gasteiger partial charge in [-0.05, 0) is 12.1 Å². The van der Waals surface area contributed by atoms with Gasteiger partial charge in [0, 0.05) is 30.4 Å². The van der Waals surface area contributed by atoms with Crippen LogP contribution in [0.15, 0.2) is 22.8 Å². The highest BCUT2D eigenvalue weighted by atomic mass is 32.1. The minimum Gasteiger partial charge on any atom is -0.469 e. The monoisotopic (exact) mass is 237 g/mol. The molecule has 4 nitrogen and oxygen atoms in total. The molecular weight excluding hydrogens is 222 g/mol. The zero-order chi connectivity index (χ0) is 11.4. The normalized spacial score (nSPS) is 10.9. The molecule has 2 rings (SSSR count). The van der Waals surface area contributed by atoms with Crippen molar-refractivity contribution in [3.8, 4) is 0 Å². The Morgan fingerprint density at radius 1 is 1.50 bits per heavy atom. The van der Waals surface area contributed by atoms with Crippen molar-refractivity contribution in [1.82, 2.24) is 9.36 Å². The highest BCUT2D eigenvalue weighted by Gasteiger charge is 2.06. The molecule has 0 saturated heterocycles. The van der Waals surface area contributed by atoms with Gasteiger partial charge < -0.3 is 9.73 Å². The maximum Gasteiger partial charge on any atom is 0.202 e. The summed E-state index contributed by atoms with van der Waals surface area (Å²) >= 11 is 1.41. The Balaban J connectivity index is 1.81. The van der Waals surface area contributed by atoms with Crippen LogP contribution in [0.4, 0.5) is 5.13 Å². The largest absolute Gasteiger partial charge is 0.469 e. The quantitative estimate of drug-likeness (QED) is 0.868. The van der Waals surface area contributed by atoms with Gasteiger partial charge in [0.25, 0.3) is 0 Å². The molecule has 5 heteroatoms. The summed E-state index contributed by atoms with van der Waals surface area (Å²) in [7, 11) is 0. The van der Waals surface area contributed by atoms with Crippen molar-refractivity contribution in [3.63, 3.8) is 0 Å². The van der Waals surface area contributed by atoms with Gasteiger partial charge >= 0.3 is 0 Å². The van der Waals surface area contributed by atoms with Crippen LogP contribution in [-0.2, 0) is 6.42 Å². The van der Waals surface area contributed by atoms with E-state index < -0.39 is 0 Å². The van der Waals surface area contributed by atoms with Gasteiger partial charge in [0.15, 0.2) is 0 Å². The molecule has 0 radical (unpaired) electrons. The minimum absolute atomic E-state index is 0.386. The van der Waals surface area contributed by atoms with Gasteiger partial charge in [0.2, 0.25) is 5.13 Å². The lowest BCUT2D eigenvalue weighted by Gasteiger charge is -1.99. The van der Waals surface area contributed by atoms with Gasteiger partial charge in [-0.1, -0.05) is 13.8 Å². The van der Waals surface area contributed by atoms with Gasteiger partial charge in [-0.25, -0.2) is 4.98 Å². The molecule has 0 aromatic carbocycles. The summed E-state index contributed by atoms with van der Waals surface area (Å²) in [6.45, 7) is 5.00. The number of nitrogens with one attached hydrogen (secondary N) is 1. The molecule has 16 heavy (non-hydrogen) atoms. The van der Waals surface area contributed by atoms with Gasteiger partial charge in [-0.2, -0.15) is 4.37 Å². The molecule has 0 atom stereocenters. The molecule has 2 heterocycles. The molecule has 0 amide bonds. The van der Waals surface area contributed by atoms with E-state index in [0.29, 0.717) is 5.92 Å². The van der Waals surface area contributed by atoms with Gasteiger partial charge in [-0.3, -0.25) is 0 Å². The third-order valence-electron chi connectivity index (χ3n) is 2.19. The smallest absolute Gasteiger partial charge is 0.202 e. The van der Waals surface area contributed by atoms with Crippen molar-refractivity contribution < 1.29 is 4.42 Å². The van der Waals surface area contributed by atoms with Crippen molar-refractivity contribution in [2.24, 2.45) is 0 Å². The zero-order valence-electron chi connectivity index (χ0n) is 9.43.